The maximum absolute atomic E-state index is 10.9. The van der Waals surface area contributed by atoms with Crippen molar-refractivity contribution in [1.82, 2.24) is 4.98 Å². The first-order valence-corrected chi connectivity index (χ1v) is 5.54. The number of aryl methyl sites for hydroxylation is 1. The van der Waals surface area contributed by atoms with Crippen molar-refractivity contribution in [2.24, 2.45) is 0 Å². The Kier molecular flexibility index (Phi) is 3.37. The highest BCUT2D eigenvalue weighted by molar-refractivity contribution is 5.85. The van der Waals surface area contributed by atoms with Gasteiger partial charge in [0.15, 0.2) is 11.5 Å². The van der Waals surface area contributed by atoms with Gasteiger partial charge in [-0.2, -0.15) is 0 Å². The minimum absolute atomic E-state index is 0.481. The highest BCUT2D eigenvalue weighted by Crippen LogP contribution is 2.20. The molecule has 1 heterocycles. The zero-order valence-corrected chi connectivity index (χ0v) is 10.1. The van der Waals surface area contributed by atoms with Crippen molar-refractivity contribution >= 4 is 28.7 Å². The van der Waals surface area contributed by atoms with Gasteiger partial charge >= 0.3 is 11.9 Å². The molecule has 0 radical (unpaired) electrons. The lowest BCUT2D eigenvalue weighted by atomic mass is 10.2. The molecule has 0 saturated heterocycles. The van der Waals surface area contributed by atoms with Crippen LogP contribution in [0.5, 0.6) is 0 Å². The maximum Gasteiger partial charge on any atom is 0.326 e. The summed E-state index contributed by atoms with van der Waals surface area (Å²) in [5.74, 6) is -1.90. The molecule has 0 amide bonds. The van der Waals surface area contributed by atoms with E-state index in [1.807, 2.05) is 0 Å². The summed E-state index contributed by atoms with van der Waals surface area (Å²) in [7, 11) is 0. The molecule has 2 rings (SSSR count). The average Bonchev–Trinajstić information content (AvgIpc) is 2.66. The van der Waals surface area contributed by atoms with E-state index >= 15 is 0 Å². The number of carboxylic acids is 2. The molecule has 0 spiro atoms. The fourth-order valence-corrected chi connectivity index (χ4v) is 1.71. The number of nitrogens with zero attached hydrogens (tertiary/aromatic N) is 1. The molecule has 7 heteroatoms. The summed E-state index contributed by atoms with van der Waals surface area (Å²) in [6.07, 6.45) is -0.509. The van der Waals surface area contributed by atoms with Gasteiger partial charge in [0.25, 0.3) is 0 Å². The Balaban J connectivity index is 2.23. The van der Waals surface area contributed by atoms with Crippen molar-refractivity contribution < 1.29 is 24.2 Å². The fourth-order valence-electron chi connectivity index (χ4n) is 1.71. The Bertz CT molecular complexity index is 634. The number of fused-ring (bicyclic) bond motifs is 1. The van der Waals surface area contributed by atoms with Gasteiger partial charge in [0.05, 0.1) is 6.42 Å². The second-order valence-electron chi connectivity index (χ2n) is 4.05. The van der Waals surface area contributed by atoms with Crippen LogP contribution in [0.3, 0.4) is 0 Å². The van der Waals surface area contributed by atoms with Gasteiger partial charge < -0.3 is 19.9 Å². The van der Waals surface area contributed by atoms with Crippen molar-refractivity contribution in [2.45, 2.75) is 19.4 Å². The molecule has 0 fully saturated rings. The Labute approximate surface area is 107 Å². The second kappa shape index (κ2) is 4.97. The third-order valence-electron chi connectivity index (χ3n) is 2.51. The van der Waals surface area contributed by atoms with Crippen LogP contribution in [-0.4, -0.2) is 33.2 Å². The van der Waals surface area contributed by atoms with Crippen LogP contribution in [0.1, 0.15) is 12.3 Å². The number of carbonyl (C=O) groups is 2. The van der Waals surface area contributed by atoms with Crippen LogP contribution >= 0.6 is 0 Å². The highest BCUT2D eigenvalue weighted by Gasteiger charge is 2.20. The molecule has 2 aromatic rings. The molecule has 100 valence electrons. The quantitative estimate of drug-likeness (QED) is 0.749. The number of oxazole rings is 1. The van der Waals surface area contributed by atoms with Crippen molar-refractivity contribution in [3.8, 4) is 0 Å². The molecule has 0 aliphatic heterocycles. The van der Waals surface area contributed by atoms with E-state index in [1.165, 1.54) is 0 Å². The summed E-state index contributed by atoms with van der Waals surface area (Å²) in [6.45, 7) is 1.71. The summed E-state index contributed by atoms with van der Waals surface area (Å²) >= 11 is 0. The Morgan fingerprint density at radius 1 is 1.42 bits per heavy atom. The van der Waals surface area contributed by atoms with Gasteiger partial charge in [-0.25, -0.2) is 9.78 Å². The average molecular weight is 264 g/mol. The van der Waals surface area contributed by atoms with Crippen LogP contribution in [0.2, 0.25) is 0 Å². The summed E-state index contributed by atoms with van der Waals surface area (Å²) in [5, 5.41) is 20.2. The van der Waals surface area contributed by atoms with Gasteiger partial charge in [-0.1, -0.05) is 0 Å². The van der Waals surface area contributed by atoms with E-state index < -0.39 is 24.4 Å². The number of rotatable bonds is 5. The van der Waals surface area contributed by atoms with Crippen LogP contribution in [-0.2, 0) is 9.59 Å². The number of hydrogen-bond donors (Lipinski definition) is 3. The van der Waals surface area contributed by atoms with Crippen LogP contribution < -0.4 is 5.32 Å². The number of carboxylic acid groups (broad SMARTS) is 2. The van der Waals surface area contributed by atoms with Gasteiger partial charge in [-0.3, -0.25) is 4.79 Å². The third-order valence-corrected chi connectivity index (χ3v) is 2.51. The first kappa shape index (κ1) is 12.9. The van der Waals surface area contributed by atoms with Gasteiger partial charge in [0, 0.05) is 12.6 Å². The number of nitrogens with one attached hydrogen (secondary N) is 1. The molecule has 1 unspecified atom stereocenters. The van der Waals surface area contributed by atoms with Gasteiger partial charge in [-0.05, 0) is 18.2 Å². The topological polar surface area (TPSA) is 113 Å². The molecular weight excluding hydrogens is 252 g/mol. The number of benzene rings is 1. The van der Waals surface area contributed by atoms with Crippen LogP contribution in [0, 0.1) is 6.92 Å². The summed E-state index contributed by atoms with van der Waals surface area (Å²) in [4.78, 5) is 25.7. The van der Waals surface area contributed by atoms with Gasteiger partial charge in [0.2, 0.25) is 0 Å². The Hall–Kier alpha value is -2.57. The van der Waals surface area contributed by atoms with Gasteiger partial charge in [-0.15, -0.1) is 0 Å². The van der Waals surface area contributed by atoms with E-state index in [0.717, 1.165) is 0 Å². The van der Waals surface area contributed by atoms with E-state index in [4.69, 9.17) is 14.6 Å². The lowest BCUT2D eigenvalue weighted by Gasteiger charge is -2.13. The smallest absolute Gasteiger partial charge is 0.326 e. The first-order chi connectivity index (χ1) is 8.95. The number of aliphatic carboxylic acids is 2. The largest absolute Gasteiger partial charge is 0.481 e. The highest BCUT2D eigenvalue weighted by atomic mass is 16.4. The molecule has 0 bridgehead atoms. The summed E-state index contributed by atoms with van der Waals surface area (Å²) in [5.41, 5.74) is 1.66. The third kappa shape index (κ3) is 3.01. The minimum Gasteiger partial charge on any atom is -0.481 e. The molecule has 1 aromatic carbocycles. The summed E-state index contributed by atoms with van der Waals surface area (Å²) < 4.78 is 5.29. The lowest BCUT2D eigenvalue weighted by molar-refractivity contribution is -0.144. The minimum atomic E-state index is -1.22. The first-order valence-electron chi connectivity index (χ1n) is 5.54. The lowest BCUT2D eigenvalue weighted by Crippen LogP contribution is -2.31. The van der Waals surface area contributed by atoms with Crippen LogP contribution in [0.4, 0.5) is 5.69 Å². The van der Waals surface area contributed by atoms with E-state index in [1.54, 1.807) is 25.1 Å². The predicted octanol–water partition coefficient (Wildman–Crippen LogP) is 1.48. The molecule has 0 aliphatic carbocycles. The molecule has 0 aliphatic rings. The standard InChI is InChI=1S/C12H12N2O5/c1-6-13-8-4-7(2-3-10(8)19-6)14-9(12(17)18)5-11(15)16/h2-4,9,14H,5H2,1H3,(H,15,16)(H,17,18). The van der Waals surface area contributed by atoms with Crippen molar-refractivity contribution in [3.05, 3.63) is 24.1 Å². The number of hydrogen-bond acceptors (Lipinski definition) is 5. The number of aromatic nitrogens is 1. The monoisotopic (exact) mass is 264 g/mol. The Morgan fingerprint density at radius 2 is 2.16 bits per heavy atom. The molecule has 19 heavy (non-hydrogen) atoms. The van der Waals surface area contributed by atoms with Crippen molar-refractivity contribution in [3.63, 3.8) is 0 Å². The zero-order chi connectivity index (χ0) is 14.0. The van der Waals surface area contributed by atoms with E-state index in [-0.39, 0.29) is 0 Å². The van der Waals surface area contributed by atoms with Crippen LogP contribution in [0.25, 0.3) is 11.1 Å². The molecule has 7 nitrogen and oxygen atoms in total. The number of anilines is 1. The normalized spacial score (nSPS) is 12.3. The van der Waals surface area contributed by atoms with Crippen LogP contribution in [0.15, 0.2) is 22.6 Å². The van der Waals surface area contributed by atoms with E-state index in [0.29, 0.717) is 22.7 Å². The second-order valence-corrected chi connectivity index (χ2v) is 4.05. The zero-order valence-electron chi connectivity index (χ0n) is 10.1. The molecule has 1 aromatic heterocycles. The molecule has 3 N–H and O–H groups in total. The molecular formula is C12H12N2O5. The summed E-state index contributed by atoms with van der Waals surface area (Å²) in [6, 6.07) is 3.69. The molecule has 1 atom stereocenters. The fraction of sp³-hybridized carbons (Fsp3) is 0.250. The van der Waals surface area contributed by atoms with E-state index in [9.17, 15) is 9.59 Å². The van der Waals surface area contributed by atoms with Crippen molar-refractivity contribution in [1.29, 1.82) is 0 Å². The van der Waals surface area contributed by atoms with Crippen molar-refractivity contribution in [2.75, 3.05) is 5.32 Å². The van der Waals surface area contributed by atoms with E-state index in [2.05, 4.69) is 10.3 Å². The SMILES string of the molecule is Cc1nc2cc(NC(CC(=O)O)C(=O)O)ccc2o1. The maximum atomic E-state index is 10.9. The van der Waals surface area contributed by atoms with Gasteiger partial charge in [0.1, 0.15) is 11.6 Å². The molecule has 0 saturated carbocycles. The Morgan fingerprint density at radius 3 is 2.79 bits per heavy atom. The predicted molar refractivity (Wildman–Crippen MR) is 66.0 cm³/mol.